The molecule has 0 heteroatoms. The van der Waals surface area contributed by atoms with E-state index in [4.69, 9.17) is 0 Å². The molecule has 0 aromatic heterocycles. The molecular formula is C22H16. The van der Waals surface area contributed by atoms with Gasteiger partial charge in [-0.3, -0.25) is 0 Å². The third-order valence-electron chi connectivity index (χ3n) is 4.05. The molecule has 0 bridgehead atoms. The molecular weight excluding hydrogens is 264 g/mol. The summed E-state index contributed by atoms with van der Waals surface area (Å²) in [4.78, 5) is 0. The molecule has 0 saturated carbocycles. The zero-order valence-corrected chi connectivity index (χ0v) is 12.2. The van der Waals surface area contributed by atoms with Crippen molar-refractivity contribution in [1.82, 2.24) is 0 Å². The monoisotopic (exact) mass is 280 g/mol. The Balaban J connectivity index is 1.79. The molecule has 0 saturated heterocycles. The molecule has 104 valence electrons. The fourth-order valence-electron chi connectivity index (χ4n) is 2.87. The molecule has 2 aromatic carbocycles. The van der Waals surface area contributed by atoms with Crippen LogP contribution in [-0.4, -0.2) is 0 Å². The highest BCUT2D eigenvalue weighted by molar-refractivity contribution is 5.81. The fraction of sp³-hybridized carbons (Fsp3) is 0. The first-order valence-electron chi connectivity index (χ1n) is 7.55. The lowest BCUT2D eigenvalue weighted by molar-refractivity contribution is 1.65. The second-order valence-electron chi connectivity index (χ2n) is 5.51. The third-order valence-corrected chi connectivity index (χ3v) is 4.05. The van der Waals surface area contributed by atoms with Gasteiger partial charge in [-0.25, -0.2) is 0 Å². The Morgan fingerprint density at radius 2 is 0.636 bits per heavy atom. The summed E-state index contributed by atoms with van der Waals surface area (Å²) in [5.74, 6) is 0. The van der Waals surface area contributed by atoms with Gasteiger partial charge in [-0.05, 0) is 45.5 Å². The van der Waals surface area contributed by atoms with Crippen molar-refractivity contribution in [2.45, 2.75) is 0 Å². The van der Waals surface area contributed by atoms with Gasteiger partial charge in [0, 0.05) is 0 Å². The van der Waals surface area contributed by atoms with E-state index in [1.54, 1.807) is 0 Å². The van der Waals surface area contributed by atoms with E-state index in [2.05, 4.69) is 97.1 Å². The van der Waals surface area contributed by atoms with Gasteiger partial charge >= 0.3 is 0 Å². The number of fused-ring (bicyclic) bond motifs is 1. The van der Waals surface area contributed by atoms with Gasteiger partial charge in [-0.2, -0.15) is 0 Å². The van der Waals surface area contributed by atoms with Crippen LogP contribution in [0.2, 0.25) is 0 Å². The molecule has 0 fully saturated rings. The number of hydrogen-bond donors (Lipinski definition) is 0. The van der Waals surface area contributed by atoms with Gasteiger partial charge in [0.15, 0.2) is 0 Å². The van der Waals surface area contributed by atoms with Crippen LogP contribution >= 0.6 is 0 Å². The Kier molecular flexibility index (Phi) is 3.21. The van der Waals surface area contributed by atoms with E-state index in [9.17, 15) is 0 Å². The van der Waals surface area contributed by atoms with Crippen LogP contribution in [0, 0.1) is 0 Å². The molecule has 0 spiro atoms. The first-order valence-corrected chi connectivity index (χ1v) is 7.55. The largest absolute Gasteiger partial charge is 0.0622 e. The van der Waals surface area contributed by atoms with Crippen LogP contribution in [-0.2, 0) is 0 Å². The molecule has 2 aliphatic carbocycles. The van der Waals surface area contributed by atoms with E-state index < -0.39 is 0 Å². The minimum Gasteiger partial charge on any atom is -0.0622 e. The lowest BCUT2D eigenvalue weighted by atomic mass is 10.1. The van der Waals surface area contributed by atoms with Crippen LogP contribution in [0.3, 0.4) is 0 Å². The van der Waals surface area contributed by atoms with Crippen molar-refractivity contribution in [1.29, 1.82) is 0 Å². The topological polar surface area (TPSA) is 0 Å². The maximum atomic E-state index is 2.26. The van der Waals surface area contributed by atoms with Crippen LogP contribution in [0.4, 0.5) is 0 Å². The molecule has 2 aliphatic rings. The molecule has 0 unspecified atom stereocenters. The van der Waals surface area contributed by atoms with Crippen molar-refractivity contribution in [3.63, 3.8) is 0 Å². The Bertz CT molecular complexity index is 789. The van der Waals surface area contributed by atoms with Gasteiger partial charge in [0.05, 0.1) is 0 Å². The average Bonchev–Trinajstić information content (AvgIpc) is 2.90. The summed E-state index contributed by atoms with van der Waals surface area (Å²) in [5, 5.41) is 0. The number of benzene rings is 2. The highest BCUT2D eigenvalue weighted by Crippen LogP contribution is 2.33. The Labute approximate surface area is 131 Å². The predicted molar refractivity (Wildman–Crippen MR) is 93.9 cm³/mol. The van der Waals surface area contributed by atoms with Gasteiger partial charge in [0.25, 0.3) is 0 Å². The number of hydrogen-bond acceptors (Lipinski definition) is 0. The molecule has 0 amide bonds. The SMILES string of the molecule is c1ccc(-c2ccc3cc(-c4ccccc4)cc-3cc2)cc1. The molecule has 0 radical (unpaired) electrons. The van der Waals surface area contributed by atoms with E-state index in [0.717, 1.165) is 0 Å². The second-order valence-corrected chi connectivity index (χ2v) is 5.51. The van der Waals surface area contributed by atoms with Crippen molar-refractivity contribution in [2.24, 2.45) is 0 Å². The second kappa shape index (κ2) is 5.50. The predicted octanol–water partition coefficient (Wildman–Crippen LogP) is 6.13. The minimum absolute atomic E-state index is 1.25. The van der Waals surface area contributed by atoms with E-state index >= 15 is 0 Å². The van der Waals surface area contributed by atoms with E-state index in [0.29, 0.717) is 0 Å². The molecule has 22 heavy (non-hydrogen) atoms. The van der Waals surface area contributed by atoms with Crippen LogP contribution in [0.5, 0.6) is 0 Å². The van der Waals surface area contributed by atoms with Crippen LogP contribution < -0.4 is 0 Å². The summed E-state index contributed by atoms with van der Waals surface area (Å²) in [5.41, 5.74) is 7.61. The lowest BCUT2D eigenvalue weighted by Gasteiger charge is -1.97. The third kappa shape index (κ3) is 2.40. The normalized spacial score (nSPS) is 10.7. The Morgan fingerprint density at radius 3 is 1.14 bits per heavy atom. The van der Waals surface area contributed by atoms with Crippen molar-refractivity contribution in [3.05, 3.63) is 97.1 Å². The lowest BCUT2D eigenvalue weighted by Crippen LogP contribution is -1.71. The highest BCUT2D eigenvalue weighted by Gasteiger charge is 2.07. The maximum absolute atomic E-state index is 2.26. The van der Waals surface area contributed by atoms with Crippen molar-refractivity contribution >= 4 is 0 Å². The Hall–Kier alpha value is -2.86. The van der Waals surface area contributed by atoms with Gasteiger partial charge in [0.2, 0.25) is 0 Å². The maximum Gasteiger partial charge on any atom is -0.0172 e. The summed E-state index contributed by atoms with van der Waals surface area (Å²) in [6.45, 7) is 0. The molecule has 0 atom stereocenters. The highest BCUT2D eigenvalue weighted by atomic mass is 14.1. The smallest absolute Gasteiger partial charge is 0.0172 e. The first kappa shape index (κ1) is 12.8. The van der Waals surface area contributed by atoms with Crippen LogP contribution in [0.1, 0.15) is 0 Å². The van der Waals surface area contributed by atoms with E-state index in [1.165, 1.54) is 33.4 Å². The standard InChI is InChI=1S/C22H16/c1-3-7-17(8-4-1)19-11-13-20-15-22(16-21(20)14-12-19)18-9-5-2-6-10-18/h1-16H. The molecule has 0 nitrogen and oxygen atoms in total. The average molecular weight is 280 g/mol. The summed E-state index contributed by atoms with van der Waals surface area (Å²) < 4.78 is 0. The number of rotatable bonds is 2. The molecule has 2 aromatic rings. The van der Waals surface area contributed by atoms with E-state index in [1.807, 2.05) is 0 Å². The van der Waals surface area contributed by atoms with Crippen molar-refractivity contribution < 1.29 is 0 Å². The molecule has 0 aliphatic heterocycles. The van der Waals surface area contributed by atoms with Crippen molar-refractivity contribution in [2.75, 3.05) is 0 Å². The van der Waals surface area contributed by atoms with Gasteiger partial charge in [-0.1, -0.05) is 84.9 Å². The van der Waals surface area contributed by atoms with Crippen LogP contribution in [0.25, 0.3) is 33.4 Å². The van der Waals surface area contributed by atoms with E-state index in [-0.39, 0.29) is 0 Å². The Morgan fingerprint density at radius 1 is 0.273 bits per heavy atom. The summed E-state index contributed by atoms with van der Waals surface area (Å²) >= 11 is 0. The minimum atomic E-state index is 1.25. The van der Waals surface area contributed by atoms with Crippen LogP contribution in [0.15, 0.2) is 97.1 Å². The summed E-state index contributed by atoms with van der Waals surface area (Å²) in [6.07, 6.45) is 0. The zero-order chi connectivity index (χ0) is 14.8. The molecule has 0 N–H and O–H groups in total. The quantitative estimate of drug-likeness (QED) is 0.414. The molecule has 4 rings (SSSR count). The van der Waals surface area contributed by atoms with Gasteiger partial charge < -0.3 is 0 Å². The van der Waals surface area contributed by atoms with Gasteiger partial charge in [0.1, 0.15) is 0 Å². The van der Waals surface area contributed by atoms with Crippen molar-refractivity contribution in [3.8, 4) is 33.4 Å². The summed E-state index contributed by atoms with van der Waals surface area (Å²) in [6, 6.07) is 34.4. The fourth-order valence-corrected chi connectivity index (χ4v) is 2.87. The summed E-state index contributed by atoms with van der Waals surface area (Å²) in [7, 11) is 0. The molecule has 0 heterocycles. The van der Waals surface area contributed by atoms with Gasteiger partial charge in [-0.15, -0.1) is 0 Å². The first-order chi connectivity index (χ1) is 10.9. The zero-order valence-electron chi connectivity index (χ0n) is 12.2.